The van der Waals surface area contributed by atoms with Gasteiger partial charge in [-0.05, 0) is 55.6 Å². The molecule has 5 nitrogen and oxygen atoms in total. The van der Waals surface area contributed by atoms with E-state index in [0.717, 1.165) is 41.8 Å². The van der Waals surface area contributed by atoms with E-state index in [2.05, 4.69) is 17.9 Å². The first-order valence-electron chi connectivity index (χ1n) is 10.0. The molecule has 0 unspecified atom stereocenters. The fourth-order valence-electron chi connectivity index (χ4n) is 4.53. The second-order valence-corrected chi connectivity index (χ2v) is 8.09. The van der Waals surface area contributed by atoms with Crippen LogP contribution in [-0.2, 0) is 12.0 Å². The summed E-state index contributed by atoms with van der Waals surface area (Å²) in [6.45, 7) is 3.89. The number of hydrogen-bond acceptors (Lipinski definition) is 5. The molecule has 2 aliphatic heterocycles. The summed E-state index contributed by atoms with van der Waals surface area (Å²) in [6.07, 6.45) is 2.04. The number of nitrogens with zero attached hydrogens (tertiary/aromatic N) is 1. The van der Waals surface area contributed by atoms with Gasteiger partial charge in [-0.3, -0.25) is 4.90 Å². The molecule has 4 rings (SSSR count). The number of ether oxygens (including phenoxy) is 2. The van der Waals surface area contributed by atoms with Crippen LogP contribution in [0.2, 0.25) is 0 Å². The van der Waals surface area contributed by atoms with Crippen molar-refractivity contribution in [2.75, 3.05) is 26.7 Å². The first-order chi connectivity index (χ1) is 13.5. The molecule has 1 fully saturated rings. The standard InChI is InChI=1S/C23H29NO4/c1-16-12-18-13-17(8-9-21(18)28-16)20(25)14-24-11-5-10-23(26,15-24)19-6-3-4-7-22(19)27-2/h3-4,6-9,13,16,20,25-26H,5,10-12,14-15H2,1-2H3/t16-,20-,23+/m1/s1. The number of aliphatic hydroxyl groups excluding tert-OH is 1. The van der Waals surface area contributed by atoms with Crippen LogP contribution in [0.4, 0.5) is 0 Å². The Balaban J connectivity index is 1.47. The van der Waals surface area contributed by atoms with Crippen LogP contribution in [0.3, 0.4) is 0 Å². The summed E-state index contributed by atoms with van der Waals surface area (Å²) < 4.78 is 11.2. The molecular weight excluding hydrogens is 354 g/mol. The van der Waals surface area contributed by atoms with Crippen LogP contribution >= 0.6 is 0 Å². The lowest BCUT2D eigenvalue weighted by atomic mass is 9.85. The van der Waals surface area contributed by atoms with Gasteiger partial charge in [0.2, 0.25) is 0 Å². The minimum Gasteiger partial charge on any atom is -0.496 e. The Kier molecular flexibility index (Phi) is 5.32. The van der Waals surface area contributed by atoms with Crippen molar-refractivity contribution >= 4 is 0 Å². The molecule has 0 saturated carbocycles. The van der Waals surface area contributed by atoms with E-state index in [1.54, 1.807) is 7.11 Å². The molecule has 150 valence electrons. The second kappa shape index (κ2) is 7.74. The fraction of sp³-hybridized carbons (Fsp3) is 0.478. The average molecular weight is 383 g/mol. The quantitative estimate of drug-likeness (QED) is 0.831. The van der Waals surface area contributed by atoms with Crippen molar-refractivity contribution in [3.05, 3.63) is 59.2 Å². The molecule has 0 amide bonds. The topological polar surface area (TPSA) is 62.2 Å². The maximum absolute atomic E-state index is 11.3. The summed E-state index contributed by atoms with van der Waals surface area (Å²) in [7, 11) is 1.63. The molecular formula is C23H29NO4. The molecule has 0 radical (unpaired) electrons. The Morgan fingerprint density at radius 1 is 1.29 bits per heavy atom. The van der Waals surface area contributed by atoms with Gasteiger partial charge in [-0.1, -0.05) is 24.3 Å². The average Bonchev–Trinajstić information content (AvgIpc) is 3.07. The van der Waals surface area contributed by atoms with Gasteiger partial charge in [-0.2, -0.15) is 0 Å². The second-order valence-electron chi connectivity index (χ2n) is 8.09. The van der Waals surface area contributed by atoms with Crippen molar-refractivity contribution in [1.82, 2.24) is 4.90 Å². The number of benzene rings is 2. The molecule has 0 bridgehead atoms. The molecule has 28 heavy (non-hydrogen) atoms. The maximum atomic E-state index is 11.3. The van der Waals surface area contributed by atoms with Crippen molar-refractivity contribution in [3.8, 4) is 11.5 Å². The van der Waals surface area contributed by atoms with Gasteiger partial charge in [0, 0.05) is 25.1 Å². The third kappa shape index (κ3) is 3.75. The number of aliphatic hydroxyl groups is 2. The first-order valence-corrected chi connectivity index (χ1v) is 10.0. The van der Waals surface area contributed by atoms with E-state index in [9.17, 15) is 10.2 Å². The number of fused-ring (bicyclic) bond motifs is 1. The molecule has 0 aliphatic carbocycles. The lowest BCUT2D eigenvalue weighted by Crippen LogP contribution is -2.47. The minimum absolute atomic E-state index is 0.195. The summed E-state index contributed by atoms with van der Waals surface area (Å²) in [5.41, 5.74) is 1.92. The molecule has 3 atom stereocenters. The van der Waals surface area contributed by atoms with E-state index < -0.39 is 11.7 Å². The van der Waals surface area contributed by atoms with Crippen molar-refractivity contribution in [2.45, 2.75) is 44.0 Å². The highest BCUT2D eigenvalue weighted by Gasteiger charge is 2.37. The summed E-state index contributed by atoms with van der Waals surface area (Å²) in [5, 5.41) is 22.2. The monoisotopic (exact) mass is 383 g/mol. The van der Waals surface area contributed by atoms with Gasteiger partial charge in [0.15, 0.2) is 0 Å². The molecule has 0 spiro atoms. The van der Waals surface area contributed by atoms with Crippen molar-refractivity contribution in [2.24, 2.45) is 0 Å². The largest absolute Gasteiger partial charge is 0.496 e. The molecule has 0 aromatic heterocycles. The van der Waals surface area contributed by atoms with Crippen molar-refractivity contribution in [3.63, 3.8) is 0 Å². The lowest BCUT2D eigenvalue weighted by Gasteiger charge is -2.40. The predicted molar refractivity (Wildman–Crippen MR) is 108 cm³/mol. The van der Waals surface area contributed by atoms with Gasteiger partial charge < -0.3 is 19.7 Å². The normalized spacial score (nSPS) is 25.8. The Morgan fingerprint density at radius 2 is 2.11 bits per heavy atom. The number of hydrogen-bond donors (Lipinski definition) is 2. The highest BCUT2D eigenvalue weighted by Crippen LogP contribution is 2.37. The van der Waals surface area contributed by atoms with Crippen LogP contribution < -0.4 is 9.47 Å². The van der Waals surface area contributed by atoms with Crippen molar-refractivity contribution in [1.29, 1.82) is 0 Å². The molecule has 2 N–H and O–H groups in total. The minimum atomic E-state index is -0.966. The Hall–Kier alpha value is -2.08. The van der Waals surface area contributed by atoms with E-state index in [4.69, 9.17) is 9.47 Å². The van der Waals surface area contributed by atoms with Crippen LogP contribution in [0.15, 0.2) is 42.5 Å². The van der Waals surface area contributed by atoms with E-state index >= 15 is 0 Å². The van der Waals surface area contributed by atoms with Crippen LogP contribution in [0.1, 0.15) is 42.6 Å². The lowest BCUT2D eigenvalue weighted by molar-refractivity contribution is -0.0474. The number of β-amino-alcohol motifs (C(OH)–C–C–N with tert-alkyl or cyclic N) is 2. The Bertz CT molecular complexity index is 839. The van der Waals surface area contributed by atoms with Gasteiger partial charge in [-0.25, -0.2) is 0 Å². The number of rotatable bonds is 5. The zero-order valence-corrected chi connectivity index (χ0v) is 16.6. The van der Waals surface area contributed by atoms with Crippen LogP contribution in [0.5, 0.6) is 11.5 Å². The van der Waals surface area contributed by atoms with Gasteiger partial charge >= 0.3 is 0 Å². The molecule has 2 aliphatic rings. The van der Waals surface area contributed by atoms with E-state index in [1.807, 2.05) is 36.4 Å². The van der Waals surface area contributed by atoms with Crippen LogP contribution in [0, 0.1) is 0 Å². The first kappa shape index (κ1) is 19.2. The number of piperidine rings is 1. The number of methoxy groups -OCH3 is 1. The molecule has 1 saturated heterocycles. The highest BCUT2D eigenvalue weighted by atomic mass is 16.5. The maximum Gasteiger partial charge on any atom is 0.124 e. The highest BCUT2D eigenvalue weighted by molar-refractivity contribution is 5.41. The van der Waals surface area contributed by atoms with Gasteiger partial charge in [0.25, 0.3) is 0 Å². The number of likely N-dealkylation sites (tertiary alicyclic amines) is 1. The number of para-hydroxylation sites is 1. The van der Waals surface area contributed by atoms with Crippen molar-refractivity contribution < 1.29 is 19.7 Å². The third-order valence-electron chi connectivity index (χ3n) is 5.89. The van der Waals surface area contributed by atoms with Gasteiger partial charge in [-0.15, -0.1) is 0 Å². The Labute approximate surface area is 166 Å². The zero-order valence-electron chi connectivity index (χ0n) is 16.6. The Morgan fingerprint density at radius 3 is 2.93 bits per heavy atom. The predicted octanol–water partition coefficient (Wildman–Crippen LogP) is 3.04. The van der Waals surface area contributed by atoms with Crippen LogP contribution in [0.25, 0.3) is 0 Å². The molecule has 5 heteroatoms. The molecule has 2 heterocycles. The van der Waals surface area contributed by atoms with E-state index in [0.29, 0.717) is 25.3 Å². The fourth-order valence-corrected chi connectivity index (χ4v) is 4.53. The van der Waals surface area contributed by atoms with Gasteiger partial charge in [0.1, 0.15) is 23.2 Å². The summed E-state index contributed by atoms with van der Waals surface area (Å²) >= 11 is 0. The third-order valence-corrected chi connectivity index (χ3v) is 5.89. The van der Waals surface area contributed by atoms with Crippen LogP contribution in [-0.4, -0.2) is 48.0 Å². The SMILES string of the molecule is COc1ccccc1[C@]1(O)CCCN(C[C@@H](O)c2ccc3c(c2)C[C@@H](C)O3)C1. The molecule has 2 aromatic rings. The summed E-state index contributed by atoms with van der Waals surface area (Å²) in [4.78, 5) is 2.15. The smallest absolute Gasteiger partial charge is 0.124 e. The summed E-state index contributed by atoms with van der Waals surface area (Å²) in [6, 6.07) is 13.6. The summed E-state index contributed by atoms with van der Waals surface area (Å²) in [5.74, 6) is 1.63. The van der Waals surface area contributed by atoms with E-state index in [1.165, 1.54) is 0 Å². The zero-order chi connectivity index (χ0) is 19.7. The molecule has 2 aromatic carbocycles. The van der Waals surface area contributed by atoms with E-state index in [-0.39, 0.29) is 6.10 Å². The van der Waals surface area contributed by atoms with Gasteiger partial charge in [0.05, 0.1) is 13.2 Å².